The van der Waals surface area contributed by atoms with Gasteiger partial charge in [0.1, 0.15) is 5.82 Å². The molecule has 1 aromatic carbocycles. The van der Waals surface area contributed by atoms with Crippen LogP contribution < -0.4 is 0 Å². The van der Waals surface area contributed by atoms with Gasteiger partial charge in [0.05, 0.1) is 17.3 Å². The number of amides is 1. The monoisotopic (exact) mass is 391 g/mol. The minimum absolute atomic E-state index is 0.112. The van der Waals surface area contributed by atoms with E-state index in [4.69, 9.17) is 11.6 Å². The minimum atomic E-state index is -0.213. The maximum Gasteiger partial charge on any atom is 0.293 e. The van der Waals surface area contributed by atoms with E-state index in [0.717, 1.165) is 5.69 Å². The first-order valence-corrected chi connectivity index (χ1v) is 9.61. The Balaban J connectivity index is 1.85. The molecule has 1 aliphatic heterocycles. The van der Waals surface area contributed by atoms with Crippen LogP contribution in [0.25, 0.3) is 5.69 Å². The Morgan fingerprint density at radius 3 is 2.67 bits per heavy atom. The van der Waals surface area contributed by atoms with E-state index in [-0.39, 0.29) is 23.9 Å². The van der Waals surface area contributed by atoms with Crippen LogP contribution >= 0.6 is 11.6 Å². The normalized spacial score (nSPS) is 17.3. The molecular weight excluding hydrogens is 366 g/mol. The summed E-state index contributed by atoms with van der Waals surface area (Å²) in [6.07, 6.45) is 0.640. The fourth-order valence-electron chi connectivity index (χ4n) is 3.52. The van der Waals surface area contributed by atoms with Gasteiger partial charge in [0.15, 0.2) is 0 Å². The molecule has 3 rings (SSSR count). The Bertz CT molecular complexity index is 820. The molecule has 8 heteroatoms. The average molecular weight is 392 g/mol. The highest BCUT2D eigenvalue weighted by Gasteiger charge is 2.36. The number of carbonyl (C=O) groups is 1. The van der Waals surface area contributed by atoms with E-state index in [9.17, 15) is 9.90 Å². The maximum absolute atomic E-state index is 13.0. The number of β-amino-alcohol motifs (C(OH)–C–C–N with tert-alkyl or cyclic N) is 1. The standard InChI is InChI=1S/C19H26ClN5O2/c1-4-16-21-17(22-25(16)15-8-6-5-7-14(15)20)18(27)23-9-10-24(11-12-26)19(2,3)13-23/h5-8,26H,4,9-13H2,1-3H3. The van der Waals surface area contributed by atoms with Gasteiger partial charge >= 0.3 is 0 Å². The second-order valence-electron chi connectivity index (χ2n) is 7.32. The Hall–Kier alpha value is -1.96. The van der Waals surface area contributed by atoms with E-state index in [1.165, 1.54) is 0 Å². The number of hydrogen-bond acceptors (Lipinski definition) is 5. The molecule has 1 aromatic heterocycles. The van der Waals surface area contributed by atoms with Gasteiger partial charge in [-0.25, -0.2) is 9.67 Å². The van der Waals surface area contributed by atoms with Gasteiger partial charge in [-0.2, -0.15) is 0 Å². The topological polar surface area (TPSA) is 74.5 Å². The zero-order valence-corrected chi connectivity index (χ0v) is 16.8. The third kappa shape index (κ3) is 4.00. The molecule has 146 valence electrons. The molecule has 1 aliphatic rings. The summed E-state index contributed by atoms with van der Waals surface area (Å²) >= 11 is 6.30. The van der Waals surface area contributed by atoms with Crippen LogP contribution in [0, 0.1) is 0 Å². The second kappa shape index (κ2) is 7.96. The first-order valence-electron chi connectivity index (χ1n) is 9.23. The quantitative estimate of drug-likeness (QED) is 0.843. The highest BCUT2D eigenvalue weighted by molar-refractivity contribution is 6.32. The van der Waals surface area contributed by atoms with Gasteiger partial charge in [-0.1, -0.05) is 30.7 Å². The first-order chi connectivity index (χ1) is 12.9. The number of hydrogen-bond donors (Lipinski definition) is 1. The Morgan fingerprint density at radius 1 is 1.30 bits per heavy atom. The van der Waals surface area contributed by atoms with Gasteiger partial charge < -0.3 is 10.0 Å². The summed E-state index contributed by atoms with van der Waals surface area (Å²) in [5.74, 6) is 0.718. The van der Waals surface area contributed by atoms with Crippen LogP contribution in [0.5, 0.6) is 0 Å². The summed E-state index contributed by atoms with van der Waals surface area (Å²) in [6.45, 7) is 8.71. The predicted molar refractivity (Wildman–Crippen MR) is 104 cm³/mol. The molecule has 0 bridgehead atoms. The van der Waals surface area contributed by atoms with Crippen LogP contribution in [0.15, 0.2) is 24.3 Å². The molecule has 1 amide bonds. The Kier molecular flexibility index (Phi) is 5.83. The predicted octanol–water partition coefficient (Wildman–Crippen LogP) is 2.01. The van der Waals surface area contributed by atoms with Gasteiger partial charge in [0.25, 0.3) is 5.91 Å². The molecule has 0 radical (unpaired) electrons. The van der Waals surface area contributed by atoms with E-state index in [1.54, 1.807) is 15.6 Å². The molecule has 0 atom stereocenters. The molecule has 1 saturated heterocycles. The van der Waals surface area contributed by atoms with Crippen LogP contribution in [0.3, 0.4) is 0 Å². The average Bonchev–Trinajstić information content (AvgIpc) is 3.07. The summed E-state index contributed by atoms with van der Waals surface area (Å²) in [5, 5.41) is 14.3. The Labute approximate surface area is 164 Å². The molecule has 27 heavy (non-hydrogen) atoms. The van der Waals surface area contributed by atoms with E-state index in [1.807, 2.05) is 25.1 Å². The van der Waals surface area contributed by atoms with Gasteiger partial charge in [0.2, 0.25) is 5.82 Å². The second-order valence-corrected chi connectivity index (χ2v) is 7.73. The zero-order valence-electron chi connectivity index (χ0n) is 16.0. The lowest BCUT2D eigenvalue weighted by Gasteiger charge is -2.46. The van der Waals surface area contributed by atoms with Crippen molar-refractivity contribution in [1.82, 2.24) is 24.6 Å². The fraction of sp³-hybridized carbons (Fsp3) is 0.526. The number of aliphatic hydroxyl groups is 1. The van der Waals surface area contributed by atoms with Crippen molar-refractivity contribution in [3.05, 3.63) is 40.9 Å². The molecule has 0 saturated carbocycles. The van der Waals surface area contributed by atoms with Crippen molar-refractivity contribution in [1.29, 1.82) is 0 Å². The number of para-hydroxylation sites is 1. The van der Waals surface area contributed by atoms with Crippen molar-refractivity contribution in [3.63, 3.8) is 0 Å². The van der Waals surface area contributed by atoms with Gasteiger partial charge in [-0.15, -0.1) is 5.10 Å². The molecule has 2 heterocycles. The van der Waals surface area contributed by atoms with Crippen molar-refractivity contribution in [2.75, 3.05) is 32.8 Å². The van der Waals surface area contributed by atoms with Gasteiger partial charge in [-0.05, 0) is 26.0 Å². The third-order valence-electron chi connectivity index (χ3n) is 4.99. The SMILES string of the molecule is CCc1nc(C(=O)N2CCN(CCO)C(C)(C)C2)nn1-c1ccccc1Cl. The molecule has 1 fully saturated rings. The van der Waals surface area contributed by atoms with Crippen molar-refractivity contribution in [2.45, 2.75) is 32.7 Å². The van der Waals surface area contributed by atoms with E-state index in [0.29, 0.717) is 43.4 Å². The number of aryl methyl sites for hydroxylation is 1. The summed E-state index contributed by atoms with van der Waals surface area (Å²) in [4.78, 5) is 21.5. The van der Waals surface area contributed by atoms with E-state index in [2.05, 4.69) is 28.8 Å². The number of aromatic nitrogens is 3. The highest BCUT2D eigenvalue weighted by atomic mass is 35.5. The number of halogens is 1. The number of nitrogens with zero attached hydrogens (tertiary/aromatic N) is 5. The van der Waals surface area contributed by atoms with Crippen LogP contribution in [-0.2, 0) is 6.42 Å². The summed E-state index contributed by atoms with van der Waals surface area (Å²) in [6, 6.07) is 7.39. The molecule has 7 nitrogen and oxygen atoms in total. The summed E-state index contributed by atoms with van der Waals surface area (Å²) in [7, 11) is 0. The third-order valence-corrected chi connectivity index (χ3v) is 5.31. The lowest BCUT2D eigenvalue weighted by molar-refractivity contribution is 0.0101. The molecular formula is C19H26ClN5O2. The van der Waals surface area contributed by atoms with Crippen molar-refractivity contribution < 1.29 is 9.90 Å². The molecule has 0 unspecified atom stereocenters. The van der Waals surface area contributed by atoms with Gasteiger partial charge in [0, 0.05) is 38.1 Å². The lowest BCUT2D eigenvalue weighted by atomic mass is 9.98. The number of piperazine rings is 1. The van der Waals surface area contributed by atoms with Crippen molar-refractivity contribution >= 4 is 17.5 Å². The number of rotatable bonds is 5. The first kappa shape index (κ1) is 19.8. The number of aliphatic hydroxyl groups excluding tert-OH is 1. The molecule has 1 N–H and O–H groups in total. The molecule has 0 aliphatic carbocycles. The van der Waals surface area contributed by atoms with Crippen LogP contribution in [0.4, 0.5) is 0 Å². The van der Waals surface area contributed by atoms with Crippen molar-refractivity contribution in [2.24, 2.45) is 0 Å². The molecule has 0 spiro atoms. The molecule has 2 aromatic rings. The van der Waals surface area contributed by atoms with Crippen LogP contribution in [-0.4, -0.2) is 73.9 Å². The summed E-state index contributed by atoms with van der Waals surface area (Å²) in [5.41, 5.74) is 0.505. The Morgan fingerprint density at radius 2 is 2.04 bits per heavy atom. The largest absolute Gasteiger partial charge is 0.395 e. The van der Waals surface area contributed by atoms with E-state index >= 15 is 0 Å². The fourth-order valence-corrected chi connectivity index (χ4v) is 3.74. The highest BCUT2D eigenvalue weighted by Crippen LogP contribution is 2.23. The lowest BCUT2D eigenvalue weighted by Crippen LogP contribution is -2.61. The zero-order chi connectivity index (χ0) is 19.6. The number of benzene rings is 1. The number of carbonyl (C=O) groups excluding carboxylic acids is 1. The minimum Gasteiger partial charge on any atom is -0.395 e. The summed E-state index contributed by atoms with van der Waals surface area (Å²) < 4.78 is 1.66. The van der Waals surface area contributed by atoms with E-state index < -0.39 is 0 Å². The van der Waals surface area contributed by atoms with Crippen LogP contribution in [0.1, 0.15) is 37.2 Å². The van der Waals surface area contributed by atoms with Gasteiger partial charge in [-0.3, -0.25) is 9.69 Å². The van der Waals surface area contributed by atoms with Crippen molar-refractivity contribution in [3.8, 4) is 5.69 Å². The smallest absolute Gasteiger partial charge is 0.293 e. The maximum atomic E-state index is 13.0. The van der Waals surface area contributed by atoms with Crippen LogP contribution in [0.2, 0.25) is 5.02 Å².